The Morgan fingerprint density at radius 2 is 1.43 bits per heavy atom. The minimum absolute atomic E-state index is 0.0154. The highest BCUT2D eigenvalue weighted by atomic mass is 35.5. The van der Waals surface area contributed by atoms with Crippen LogP contribution in [0.15, 0.2) is 78.9 Å². The van der Waals surface area contributed by atoms with Crippen molar-refractivity contribution in [2.75, 3.05) is 7.11 Å². The number of hydrogen-bond acceptors (Lipinski definition) is 3. The molecule has 28 heavy (non-hydrogen) atoms. The van der Waals surface area contributed by atoms with Crippen LogP contribution in [0.5, 0.6) is 5.75 Å². The average molecular weight is 393 g/mol. The van der Waals surface area contributed by atoms with Crippen LogP contribution in [0.1, 0.15) is 45.0 Å². The first-order valence-electron chi connectivity index (χ1n) is 9.08. The van der Waals surface area contributed by atoms with Crippen LogP contribution in [0.3, 0.4) is 0 Å². The van der Waals surface area contributed by atoms with E-state index in [2.05, 4.69) is 0 Å². The van der Waals surface area contributed by atoms with Gasteiger partial charge in [-0.15, -0.1) is 0 Å². The number of rotatable bonds is 8. The van der Waals surface area contributed by atoms with Crippen LogP contribution in [0.4, 0.5) is 0 Å². The molecule has 3 rings (SSSR count). The Kier molecular flexibility index (Phi) is 6.62. The quantitative estimate of drug-likeness (QED) is 0.443. The predicted molar refractivity (Wildman–Crippen MR) is 112 cm³/mol. The van der Waals surface area contributed by atoms with E-state index in [1.165, 1.54) is 0 Å². The summed E-state index contributed by atoms with van der Waals surface area (Å²) >= 11 is 5.92. The molecule has 0 saturated heterocycles. The molecule has 0 fully saturated rings. The third-order valence-corrected chi connectivity index (χ3v) is 4.96. The minimum Gasteiger partial charge on any atom is -0.496 e. The molecular formula is C24H21ClO3. The molecular weight excluding hydrogens is 372 g/mol. The molecule has 0 N–H and O–H groups in total. The van der Waals surface area contributed by atoms with Gasteiger partial charge in [0.05, 0.1) is 12.7 Å². The van der Waals surface area contributed by atoms with Gasteiger partial charge in [-0.1, -0.05) is 54.1 Å². The van der Waals surface area contributed by atoms with Crippen molar-refractivity contribution in [2.24, 2.45) is 0 Å². The number of benzene rings is 3. The van der Waals surface area contributed by atoms with E-state index in [1.807, 2.05) is 42.5 Å². The van der Waals surface area contributed by atoms with Crippen molar-refractivity contribution >= 4 is 23.2 Å². The Morgan fingerprint density at radius 3 is 2.11 bits per heavy atom. The van der Waals surface area contributed by atoms with E-state index < -0.39 is 0 Å². The molecule has 0 aromatic heterocycles. The number of carbonyl (C=O) groups is 2. The summed E-state index contributed by atoms with van der Waals surface area (Å²) in [5.74, 6) is 0.263. The summed E-state index contributed by atoms with van der Waals surface area (Å²) in [6, 6.07) is 23.7. The highest BCUT2D eigenvalue weighted by Gasteiger charge is 2.22. The second-order valence-electron chi connectivity index (χ2n) is 6.57. The number of halogens is 1. The summed E-state index contributed by atoms with van der Waals surface area (Å²) in [7, 11) is 1.55. The Balaban J connectivity index is 1.84. The summed E-state index contributed by atoms with van der Waals surface area (Å²) in [5.41, 5.74) is 2.09. The van der Waals surface area contributed by atoms with Crippen molar-refractivity contribution in [3.05, 3.63) is 101 Å². The second kappa shape index (κ2) is 9.34. The number of carbonyl (C=O) groups excluding carboxylic acids is 2. The minimum atomic E-state index is -0.221. The van der Waals surface area contributed by atoms with E-state index in [4.69, 9.17) is 16.3 Å². The van der Waals surface area contributed by atoms with E-state index in [9.17, 15) is 9.59 Å². The molecule has 0 aliphatic heterocycles. The first kappa shape index (κ1) is 19.8. The number of Topliss-reactive ketones (excluding diaryl/α,β-unsaturated/α-hetero) is 2. The van der Waals surface area contributed by atoms with Gasteiger partial charge in [0.1, 0.15) is 5.75 Å². The van der Waals surface area contributed by atoms with E-state index in [1.54, 1.807) is 43.5 Å². The Hall–Kier alpha value is -2.91. The van der Waals surface area contributed by atoms with Crippen LogP contribution in [0.25, 0.3) is 0 Å². The van der Waals surface area contributed by atoms with Crippen molar-refractivity contribution in [3.8, 4) is 5.75 Å². The van der Waals surface area contributed by atoms with Crippen LogP contribution >= 0.6 is 11.6 Å². The lowest BCUT2D eigenvalue weighted by Crippen LogP contribution is -2.13. The highest BCUT2D eigenvalue weighted by Crippen LogP contribution is 2.29. The molecule has 142 valence electrons. The zero-order valence-corrected chi connectivity index (χ0v) is 16.4. The Morgan fingerprint density at radius 1 is 0.821 bits per heavy atom. The third-order valence-electron chi connectivity index (χ3n) is 4.71. The molecule has 0 amide bonds. The summed E-state index contributed by atoms with van der Waals surface area (Å²) in [4.78, 5) is 25.8. The van der Waals surface area contributed by atoms with E-state index in [-0.39, 0.29) is 30.3 Å². The van der Waals surface area contributed by atoms with Gasteiger partial charge in [0.15, 0.2) is 11.6 Å². The summed E-state index contributed by atoms with van der Waals surface area (Å²) < 4.78 is 5.32. The maximum atomic E-state index is 13.0. The smallest absolute Gasteiger partial charge is 0.167 e. The number of ether oxygens (including phenoxy) is 1. The van der Waals surface area contributed by atoms with Crippen LogP contribution in [-0.4, -0.2) is 18.7 Å². The fourth-order valence-electron chi connectivity index (χ4n) is 3.22. The number of ketones is 2. The molecule has 0 aliphatic rings. The molecule has 0 bridgehead atoms. The number of hydrogen-bond donors (Lipinski definition) is 0. The van der Waals surface area contributed by atoms with Gasteiger partial charge < -0.3 is 4.74 Å². The molecule has 0 heterocycles. The SMILES string of the molecule is COc1ccccc1C(=O)CC(CC(=O)c1ccc(Cl)cc1)c1ccccc1. The van der Waals surface area contributed by atoms with Crippen LogP contribution in [-0.2, 0) is 0 Å². The fraction of sp³-hybridized carbons (Fsp3) is 0.167. The standard InChI is InChI=1S/C24H21ClO3/c1-28-24-10-6-5-9-21(24)23(27)16-19(17-7-3-2-4-8-17)15-22(26)18-11-13-20(25)14-12-18/h2-14,19H,15-16H2,1H3. The van der Waals surface area contributed by atoms with Gasteiger partial charge in [-0.3, -0.25) is 9.59 Å². The predicted octanol–water partition coefficient (Wildman–Crippen LogP) is 5.98. The van der Waals surface area contributed by atoms with Gasteiger partial charge in [-0.05, 0) is 47.9 Å². The maximum Gasteiger partial charge on any atom is 0.167 e. The second-order valence-corrected chi connectivity index (χ2v) is 7.01. The van der Waals surface area contributed by atoms with Gasteiger partial charge in [0, 0.05) is 23.4 Å². The van der Waals surface area contributed by atoms with Crippen LogP contribution in [0.2, 0.25) is 5.02 Å². The molecule has 0 saturated carbocycles. The van der Waals surface area contributed by atoms with E-state index >= 15 is 0 Å². The lowest BCUT2D eigenvalue weighted by molar-refractivity contribution is 0.0943. The summed E-state index contributed by atoms with van der Waals surface area (Å²) in [6.45, 7) is 0. The normalized spacial score (nSPS) is 11.6. The molecule has 3 nitrogen and oxygen atoms in total. The van der Waals surface area contributed by atoms with Crippen molar-refractivity contribution < 1.29 is 14.3 Å². The monoisotopic (exact) mass is 392 g/mol. The lowest BCUT2D eigenvalue weighted by atomic mass is 9.86. The summed E-state index contributed by atoms with van der Waals surface area (Å²) in [6.07, 6.45) is 0.469. The average Bonchev–Trinajstić information content (AvgIpc) is 2.74. The van der Waals surface area contributed by atoms with Crippen LogP contribution in [0, 0.1) is 0 Å². The van der Waals surface area contributed by atoms with Gasteiger partial charge >= 0.3 is 0 Å². The molecule has 1 unspecified atom stereocenters. The van der Waals surface area contributed by atoms with Crippen LogP contribution < -0.4 is 4.74 Å². The fourth-order valence-corrected chi connectivity index (χ4v) is 3.35. The van der Waals surface area contributed by atoms with Gasteiger partial charge in [-0.25, -0.2) is 0 Å². The topological polar surface area (TPSA) is 43.4 Å². The Bertz CT molecular complexity index is 949. The van der Waals surface area contributed by atoms with Gasteiger partial charge in [0.25, 0.3) is 0 Å². The largest absolute Gasteiger partial charge is 0.496 e. The third kappa shape index (κ3) is 4.87. The summed E-state index contributed by atoms with van der Waals surface area (Å²) in [5, 5.41) is 0.586. The van der Waals surface area contributed by atoms with Crippen molar-refractivity contribution in [2.45, 2.75) is 18.8 Å². The van der Waals surface area contributed by atoms with Crippen molar-refractivity contribution in [1.82, 2.24) is 0 Å². The number of para-hydroxylation sites is 1. The van der Waals surface area contributed by atoms with Gasteiger partial charge in [-0.2, -0.15) is 0 Å². The molecule has 3 aromatic carbocycles. The first-order valence-corrected chi connectivity index (χ1v) is 9.46. The highest BCUT2D eigenvalue weighted by molar-refractivity contribution is 6.30. The molecule has 4 heteroatoms. The molecule has 1 atom stereocenters. The van der Waals surface area contributed by atoms with E-state index in [0.717, 1.165) is 5.56 Å². The molecule has 0 aliphatic carbocycles. The van der Waals surface area contributed by atoms with Gasteiger partial charge in [0.2, 0.25) is 0 Å². The molecule has 0 spiro atoms. The van der Waals surface area contributed by atoms with Crippen molar-refractivity contribution in [1.29, 1.82) is 0 Å². The first-order chi connectivity index (χ1) is 13.6. The Labute approximate surface area is 169 Å². The van der Waals surface area contributed by atoms with E-state index in [0.29, 0.717) is 21.9 Å². The lowest BCUT2D eigenvalue weighted by Gasteiger charge is -2.17. The number of methoxy groups -OCH3 is 1. The molecule has 3 aromatic rings. The maximum absolute atomic E-state index is 13.0. The van der Waals surface area contributed by atoms with Crippen molar-refractivity contribution in [3.63, 3.8) is 0 Å². The zero-order valence-electron chi connectivity index (χ0n) is 15.6. The zero-order chi connectivity index (χ0) is 19.9. The molecule has 0 radical (unpaired) electrons.